The Morgan fingerprint density at radius 2 is 2.04 bits per heavy atom. The topological polar surface area (TPSA) is 84.2 Å². The van der Waals surface area contributed by atoms with Crippen LogP contribution in [0.5, 0.6) is 0 Å². The van der Waals surface area contributed by atoms with Gasteiger partial charge < -0.3 is 9.84 Å². The van der Waals surface area contributed by atoms with E-state index in [1.165, 1.54) is 5.56 Å². The summed E-state index contributed by atoms with van der Waals surface area (Å²) in [5.41, 5.74) is 1.90. The minimum atomic E-state index is -0.0233. The van der Waals surface area contributed by atoms with E-state index in [9.17, 15) is 4.79 Å². The molecule has 1 amide bonds. The number of nitrogens with zero attached hydrogens (tertiary/aromatic N) is 4. The van der Waals surface area contributed by atoms with Crippen LogP contribution in [0.1, 0.15) is 30.3 Å². The molecule has 0 unspecified atom stereocenters. The van der Waals surface area contributed by atoms with Crippen LogP contribution >= 0.6 is 0 Å². The van der Waals surface area contributed by atoms with Crippen LogP contribution in [0.4, 0.5) is 0 Å². The molecule has 3 aromatic rings. The zero-order chi connectivity index (χ0) is 19.2. The van der Waals surface area contributed by atoms with Crippen LogP contribution in [0.3, 0.4) is 0 Å². The van der Waals surface area contributed by atoms with Gasteiger partial charge in [-0.1, -0.05) is 41.6 Å². The maximum Gasteiger partial charge on any atom is 0.244 e. The van der Waals surface area contributed by atoms with Gasteiger partial charge in [-0.05, 0) is 43.5 Å². The molecule has 0 spiro atoms. The molecule has 28 heavy (non-hydrogen) atoms. The standard InChI is InChI=1S/C21H23N5O2/c27-19(23-13-11-16-7-2-1-3-8-16)15-26-14-6-10-18(26)21-24-20(25-28-21)17-9-4-5-12-22-17/h1-5,7-9,12,18H,6,10-11,13-15H2,(H,23,27)/t18-/m1/s1. The van der Waals surface area contributed by atoms with Crippen LogP contribution < -0.4 is 5.32 Å². The van der Waals surface area contributed by atoms with Gasteiger partial charge in [0.2, 0.25) is 17.6 Å². The molecule has 4 rings (SSSR count). The third-order valence-corrected chi connectivity index (χ3v) is 4.91. The second kappa shape index (κ2) is 8.75. The predicted octanol–water partition coefficient (Wildman–Crippen LogP) is 2.63. The quantitative estimate of drug-likeness (QED) is 0.681. The maximum atomic E-state index is 12.4. The van der Waals surface area contributed by atoms with Gasteiger partial charge in [-0.25, -0.2) is 0 Å². The first-order valence-electron chi connectivity index (χ1n) is 9.59. The summed E-state index contributed by atoms with van der Waals surface area (Å²) < 4.78 is 5.48. The molecule has 1 saturated heterocycles. The lowest BCUT2D eigenvalue weighted by Gasteiger charge is -2.20. The smallest absolute Gasteiger partial charge is 0.244 e. The van der Waals surface area contributed by atoms with Gasteiger partial charge >= 0.3 is 0 Å². The number of hydrogen-bond acceptors (Lipinski definition) is 6. The van der Waals surface area contributed by atoms with Crippen molar-refractivity contribution < 1.29 is 9.32 Å². The van der Waals surface area contributed by atoms with Crippen molar-refractivity contribution in [1.29, 1.82) is 0 Å². The Kier molecular flexibility index (Phi) is 5.72. The number of benzene rings is 1. The number of carbonyl (C=O) groups excluding carboxylic acids is 1. The van der Waals surface area contributed by atoms with Crippen molar-refractivity contribution in [1.82, 2.24) is 25.3 Å². The van der Waals surface area contributed by atoms with Crippen molar-refractivity contribution in [3.8, 4) is 11.5 Å². The predicted molar refractivity (Wildman–Crippen MR) is 104 cm³/mol. The first-order valence-corrected chi connectivity index (χ1v) is 9.59. The van der Waals surface area contributed by atoms with Crippen LogP contribution in [-0.2, 0) is 11.2 Å². The van der Waals surface area contributed by atoms with Crippen molar-refractivity contribution >= 4 is 5.91 Å². The fourth-order valence-corrected chi connectivity index (χ4v) is 3.50. The summed E-state index contributed by atoms with van der Waals surface area (Å²) in [6.45, 7) is 1.81. The van der Waals surface area contributed by atoms with E-state index in [0.29, 0.717) is 30.5 Å². The molecule has 1 fully saturated rings. The molecule has 3 heterocycles. The molecular formula is C21H23N5O2. The number of carbonyl (C=O) groups is 1. The largest absolute Gasteiger partial charge is 0.355 e. The molecule has 2 aromatic heterocycles. The lowest BCUT2D eigenvalue weighted by Crippen LogP contribution is -2.37. The van der Waals surface area contributed by atoms with Gasteiger partial charge in [0.1, 0.15) is 5.69 Å². The lowest BCUT2D eigenvalue weighted by atomic mass is 10.1. The highest BCUT2D eigenvalue weighted by molar-refractivity contribution is 5.78. The Morgan fingerprint density at radius 3 is 2.86 bits per heavy atom. The summed E-state index contributed by atoms with van der Waals surface area (Å²) in [6.07, 6.45) is 4.44. The van der Waals surface area contributed by atoms with Crippen LogP contribution in [0.2, 0.25) is 0 Å². The van der Waals surface area contributed by atoms with Gasteiger partial charge in [-0.2, -0.15) is 4.98 Å². The molecule has 0 bridgehead atoms. The SMILES string of the molecule is O=C(CN1CCC[C@@H]1c1nc(-c2ccccn2)no1)NCCc1ccccc1. The van der Waals surface area contributed by atoms with Crippen molar-refractivity contribution in [3.05, 3.63) is 66.2 Å². The van der Waals surface area contributed by atoms with Crippen molar-refractivity contribution in [2.45, 2.75) is 25.3 Å². The van der Waals surface area contributed by atoms with Gasteiger partial charge in [0.25, 0.3) is 0 Å². The van der Waals surface area contributed by atoms with Gasteiger partial charge in [-0.3, -0.25) is 14.7 Å². The molecule has 1 aliphatic rings. The Hall–Kier alpha value is -3.06. The highest BCUT2D eigenvalue weighted by atomic mass is 16.5. The van der Waals surface area contributed by atoms with E-state index in [4.69, 9.17) is 4.52 Å². The number of hydrogen-bond donors (Lipinski definition) is 1. The summed E-state index contributed by atoms with van der Waals surface area (Å²) in [6, 6.07) is 15.7. The Morgan fingerprint density at radius 1 is 1.18 bits per heavy atom. The summed E-state index contributed by atoms with van der Waals surface area (Å²) in [5, 5.41) is 7.06. The Bertz CT molecular complexity index is 897. The zero-order valence-corrected chi connectivity index (χ0v) is 15.6. The zero-order valence-electron chi connectivity index (χ0n) is 15.6. The average molecular weight is 377 g/mol. The summed E-state index contributed by atoms with van der Waals surface area (Å²) in [5.74, 6) is 1.05. The first kappa shape index (κ1) is 18.3. The van der Waals surface area contributed by atoms with Crippen LogP contribution in [0.15, 0.2) is 59.3 Å². The molecule has 1 aromatic carbocycles. The van der Waals surface area contributed by atoms with Crippen molar-refractivity contribution in [2.75, 3.05) is 19.6 Å². The minimum Gasteiger partial charge on any atom is -0.355 e. The van der Waals surface area contributed by atoms with Crippen molar-refractivity contribution in [3.63, 3.8) is 0 Å². The van der Waals surface area contributed by atoms with E-state index in [2.05, 4.69) is 37.5 Å². The number of aromatic nitrogens is 3. The molecule has 1 atom stereocenters. The third-order valence-electron chi connectivity index (χ3n) is 4.91. The van der Waals surface area contributed by atoms with E-state index < -0.39 is 0 Å². The molecule has 0 aliphatic carbocycles. The maximum absolute atomic E-state index is 12.4. The average Bonchev–Trinajstić information content (AvgIpc) is 3.39. The van der Waals surface area contributed by atoms with Crippen LogP contribution in [-0.4, -0.2) is 45.6 Å². The fourth-order valence-electron chi connectivity index (χ4n) is 3.50. The molecule has 0 saturated carbocycles. The number of rotatable bonds is 7. The Balaban J connectivity index is 1.32. The monoisotopic (exact) mass is 377 g/mol. The molecule has 7 nitrogen and oxygen atoms in total. The second-order valence-corrected chi connectivity index (χ2v) is 6.89. The molecular weight excluding hydrogens is 354 g/mol. The molecule has 144 valence electrons. The molecule has 0 radical (unpaired) electrons. The van der Waals surface area contributed by atoms with Crippen LogP contribution in [0, 0.1) is 0 Å². The summed E-state index contributed by atoms with van der Waals surface area (Å²) >= 11 is 0. The minimum absolute atomic E-state index is 0.0206. The number of nitrogens with one attached hydrogen (secondary N) is 1. The third kappa shape index (κ3) is 4.43. The van der Waals surface area contributed by atoms with Crippen molar-refractivity contribution in [2.24, 2.45) is 0 Å². The normalized spacial score (nSPS) is 16.9. The highest BCUT2D eigenvalue weighted by Gasteiger charge is 2.32. The molecule has 1 aliphatic heterocycles. The van der Waals surface area contributed by atoms with E-state index in [0.717, 1.165) is 25.8 Å². The summed E-state index contributed by atoms with van der Waals surface area (Å²) in [4.78, 5) is 23.2. The van der Waals surface area contributed by atoms with Gasteiger partial charge in [0.05, 0.1) is 12.6 Å². The Labute approximate surface area is 163 Å². The van der Waals surface area contributed by atoms with Gasteiger partial charge in [0, 0.05) is 12.7 Å². The fraction of sp³-hybridized carbons (Fsp3) is 0.333. The highest BCUT2D eigenvalue weighted by Crippen LogP contribution is 2.31. The van der Waals surface area contributed by atoms with E-state index >= 15 is 0 Å². The molecule has 7 heteroatoms. The lowest BCUT2D eigenvalue weighted by molar-refractivity contribution is -0.122. The number of pyridine rings is 1. The second-order valence-electron chi connectivity index (χ2n) is 6.89. The van der Waals surface area contributed by atoms with Crippen LogP contribution in [0.25, 0.3) is 11.5 Å². The number of amides is 1. The van der Waals surface area contributed by atoms with Gasteiger partial charge in [0.15, 0.2) is 0 Å². The van der Waals surface area contributed by atoms with E-state index in [1.54, 1.807) is 6.20 Å². The van der Waals surface area contributed by atoms with Gasteiger partial charge in [-0.15, -0.1) is 0 Å². The van der Waals surface area contributed by atoms with E-state index in [-0.39, 0.29) is 11.9 Å². The van der Waals surface area contributed by atoms with E-state index in [1.807, 2.05) is 36.4 Å². The summed E-state index contributed by atoms with van der Waals surface area (Å²) in [7, 11) is 0. The first-order chi connectivity index (χ1) is 13.8. The molecule has 1 N–H and O–H groups in total. The number of likely N-dealkylation sites (tertiary alicyclic amines) is 1.